The van der Waals surface area contributed by atoms with Gasteiger partial charge in [0.1, 0.15) is 5.75 Å². The molecule has 0 N–H and O–H groups in total. The van der Waals surface area contributed by atoms with Gasteiger partial charge in [0.15, 0.2) is 5.16 Å². The Kier molecular flexibility index (Phi) is 7.24. The van der Waals surface area contributed by atoms with Crippen LogP contribution in [0.4, 0.5) is 0 Å². The van der Waals surface area contributed by atoms with Gasteiger partial charge in [0.25, 0.3) is 5.56 Å². The first-order chi connectivity index (χ1) is 16.4. The number of thioether (sulfide) groups is 1. The van der Waals surface area contributed by atoms with Gasteiger partial charge >= 0.3 is 0 Å². The minimum Gasteiger partial charge on any atom is -0.496 e. The fraction of sp³-hybridized carbons (Fsp3) is 0.192. The second-order valence-corrected chi connectivity index (χ2v) is 9.21. The number of aromatic nitrogens is 2. The predicted octanol–water partition coefficient (Wildman–Crippen LogP) is 5.11. The zero-order valence-electron chi connectivity index (χ0n) is 19.1. The van der Waals surface area contributed by atoms with Gasteiger partial charge in [-0.25, -0.2) is 4.98 Å². The lowest BCUT2D eigenvalue weighted by Gasteiger charge is -2.19. The smallest absolute Gasteiger partial charge is 0.266 e. The molecule has 0 saturated heterocycles. The molecule has 0 unspecified atom stereocenters. The van der Waals surface area contributed by atoms with Crippen molar-refractivity contribution in [2.24, 2.45) is 0 Å². The Bertz CT molecular complexity index is 1420. The first-order valence-corrected chi connectivity index (χ1v) is 12.0. The molecule has 0 fully saturated rings. The van der Waals surface area contributed by atoms with Crippen molar-refractivity contribution in [3.05, 3.63) is 93.2 Å². The van der Waals surface area contributed by atoms with E-state index in [9.17, 15) is 9.59 Å². The third-order valence-corrected chi connectivity index (χ3v) is 6.67. The molecule has 174 valence electrons. The molecule has 4 aromatic rings. The number of hydrogen-bond acceptors (Lipinski definition) is 5. The van der Waals surface area contributed by atoms with E-state index in [-0.39, 0.29) is 17.2 Å². The van der Waals surface area contributed by atoms with Gasteiger partial charge in [-0.2, -0.15) is 0 Å². The molecule has 0 aliphatic rings. The highest BCUT2D eigenvalue weighted by Crippen LogP contribution is 2.25. The first kappa shape index (κ1) is 23.9. The van der Waals surface area contributed by atoms with Crippen LogP contribution in [0.1, 0.15) is 11.1 Å². The summed E-state index contributed by atoms with van der Waals surface area (Å²) in [7, 11) is 3.36. The summed E-state index contributed by atoms with van der Waals surface area (Å²) in [6, 6.07) is 20.2. The highest BCUT2D eigenvalue weighted by Gasteiger charge is 2.18. The summed E-state index contributed by atoms with van der Waals surface area (Å²) in [5, 5.41) is 1.40. The number of ether oxygens (including phenoxy) is 1. The molecule has 0 saturated carbocycles. The van der Waals surface area contributed by atoms with E-state index >= 15 is 0 Å². The quantitative estimate of drug-likeness (QED) is 0.264. The fourth-order valence-electron chi connectivity index (χ4n) is 3.68. The molecule has 1 amide bonds. The minimum atomic E-state index is -0.201. The Balaban J connectivity index is 1.65. The molecular formula is C26H24ClN3O3S. The number of rotatable bonds is 7. The van der Waals surface area contributed by atoms with E-state index in [1.807, 2.05) is 55.5 Å². The zero-order valence-corrected chi connectivity index (χ0v) is 20.7. The summed E-state index contributed by atoms with van der Waals surface area (Å²) in [6.07, 6.45) is 0. The third kappa shape index (κ3) is 4.95. The number of para-hydroxylation sites is 2. The van der Waals surface area contributed by atoms with Crippen molar-refractivity contribution in [3.63, 3.8) is 0 Å². The fourth-order valence-corrected chi connectivity index (χ4v) is 4.79. The topological polar surface area (TPSA) is 64.4 Å². The van der Waals surface area contributed by atoms with Crippen LogP contribution in [0.3, 0.4) is 0 Å². The largest absolute Gasteiger partial charge is 0.496 e. The van der Waals surface area contributed by atoms with E-state index in [1.165, 1.54) is 11.8 Å². The number of carbonyl (C=O) groups is 1. The summed E-state index contributed by atoms with van der Waals surface area (Å²) < 4.78 is 6.97. The molecule has 6 nitrogen and oxygen atoms in total. The monoisotopic (exact) mass is 493 g/mol. The second kappa shape index (κ2) is 10.3. The van der Waals surface area contributed by atoms with Crippen LogP contribution < -0.4 is 10.3 Å². The van der Waals surface area contributed by atoms with Crippen molar-refractivity contribution in [2.45, 2.75) is 18.6 Å². The molecule has 8 heteroatoms. The molecule has 0 radical (unpaired) electrons. The van der Waals surface area contributed by atoms with E-state index in [1.54, 1.807) is 41.8 Å². The zero-order chi connectivity index (χ0) is 24.2. The number of fused-ring (bicyclic) bond motifs is 1. The third-order valence-electron chi connectivity index (χ3n) is 5.51. The van der Waals surface area contributed by atoms with Crippen molar-refractivity contribution in [1.82, 2.24) is 14.5 Å². The standard InChI is InChI=1S/C26H24ClN3O3S/c1-17-8-4-6-10-22(17)30-25(32)20-13-12-19(27)14-21(20)28-26(30)34-16-24(31)29(2)15-18-9-5-7-11-23(18)33-3/h4-14H,15-16H2,1-3H3. The number of halogens is 1. The van der Waals surface area contributed by atoms with Gasteiger partial charge in [-0.15, -0.1) is 0 Å². The summed E-state index contributed by atoms with van der Waals surface area (Å²) in [6.45, 7) is 2.35. The van der Waals surface area contributed by atoms with Crippen LogP contribution in [-0.2, 0) is 11.3 Å². The SMILES string of the molecule is COc1ccccc1CN(C)C(=O)CSc1nc2cc(Cl)ccc2c(=O)n1-c1ccccc1C. The van der Waals surface area contributed by atoms with Crippen LogP contribution >= 0.6 is 23.4 Å². The van der Waals surface area contributed by atoms with Crippen LogP contribution in [0, 0.1) is 6.92 Å². The molecule has 0 spiro atoms. The predicted molar refractivity (Wildman–Crippen MR) is 137 cm³/mol. The molecule has 1 heterocycles. The van der Waals surface area contributed by atoms with E-state index in [4.69, 9.17) is 21.3 Å². The molecule has 0 bridgehead atoms. The first-order valence-electron chi connectivity index (χ1n) is 10.7. The molecule has 0 atom stereocenters. The van der Waals surface area contributed by atoms with Gasteiger partial charge in [0, 0.05) is 24.2 Å². The molecule has 1 aromatic heterocycles. The minimum absolute atomic E-state index is 0.0901. The van der Waals surface area contributed by atoms with E-state index in [2.05, 4.69) is 0 Å². The van der Waals surface area contributed by atoms with Crippen molar-refractivity contribution >= 4 is 40.2 Å². The van der Waals surface area contributed by atoms with Gasteiger partial charge < -0.3 is 9.64 Å². The molecule has 34 heavy (non-hydrogen) atoms. The number of aryl methyl sites for hydroxylation is 1. The maximum absolute atomic E-state index is 13.5. The Hall–Kier alpha value is -3.29. The Labute approximate surface area is 207 Å². The highest BCUT2D eigenvalue weighted by atomic mass is 35.5. The highest BCUT2D eigenvalue weighted by molar-refractivity contribution is 7.99. The summed E-state index contributed by atoms with van der Waals surface area (Å²) in [5.74, 6) is 0.764. The van der Waals surface area contributed by atoms with E-state index < -0.39 is 0 Å². The Morgan fingerprint density at radius 3 is 2.62 bits per heavy atom. The average molecular weight is 494 g/mol. The average Bonchev–Trinajstić information content (AvgIpc) is 2.83. The number of benzene rings is 3. The lowest BCUT2D eigenvalue weighted by atomic mass is 10.2. The lowest BCUT2D eigenvalue weighted by Crippen LogP contribution is -2.29. The van der Waals surface area contributed by atoms with Crippen molar-refractivity contribution in [1.29, 1.82) is 0 Å². The molecule has 0 aliphatic carbocycles. The Morgan fingerprint density at radius 2 is 1.85 bits per heavy atom. The van der Waals surface area contributed by atoms with Crippen LogP contribution in [0.15, 0.2) is 76.7 Å². The number of carbonyl (C=O) groups excluding carboxylic acids is 1. The van der Waals surface area contributed by atoms with Crippen molar-refractivity contribution in [2.75, 3.05) is 19.9 Å². The molecule has 0 aliphatic heterocycles. The molecule has 4 rings (SSSR count). The van der Waals surface area contributed by atoms with Gasteiger partial charge in [-0.05, 0) is 42.8 Å². The lowest BCUT2D eigenvalue weighted by molar-refractivity contribution is -0.127. The maximum atomic E-state index is 13.5. The van der Waals surface area contributed by atoms with Crippen molar-refractivity contribution in [3.8, 4) is 11.4 Å². The second-order valence-electron chi connectivity index (χ2n) is 7.83. The maximum Gasteiger partial charge on any atom is 0.266 e. The number of amides is 1. The molecule has 3 aromatic carbocycles. The van der Waals surface area contributed by atoms with Crippen LogP contribution in [-0.4, -0.2) is 40.3 Å². The summed E-state index contributed by atoms with van der Waals surface area (Å²) >= 11 is 7.38. The Morgan fingerprint density at radius 1 is 1.12 bits per heavy atom. The van der Waals surface area contributed by atoms with E-state index in [0.717, 1.165) is 22.6 Å². The number of nitrogens with zero attached hydrogens (tertiary/aromatic N) is 3. The number of methoxy groups -OCH3 is 1. The van der Waals surface area contributed by atoms with Gasteiger partial charge in [0.2, 0.25) is 5.91 Å². The summed E-state index contributed by atoms with van der Waals surface area (Å²) in [4.78, 5) is 32.8. The molecular weight excluding hydrogens is 470 g/mol. The summed E-state index contributed by atoms with van der Waals surface area (Å²) in [5.41, 5.74) is 2.88. The van der Waals surface area contributed by atoms with Crippen LogP contribution in [0.5, 0.6) is 5.75 Å². The number of hydrogen-bond donors (Lipinski definition) is 0. The van der Waals surface area contributed by atoms with Gasteiger partial charge in [-0.1, -0.05) is 59.8 Å². The van der Waals surface area contributed by atoms with E-state index in [0.29, 0.717) is 27.6 Å². The van der Waals surface area contributed by atoms with Crippen molar-refractivity contribution < 1.29 is 9.53 Å². The normalized spacial score (nSPS) is 10.9. The van der Waals surface area contributed by atoms with Gasteiger partial charge in [0.05, 0.1) is 29.5 Å². The van der Waals surface area contributed by atoms with Gasteiger partial charge in [-0.3, -0.25) is 14.2 Å². The van der Waals surface area contributed by atoms with Crippen LogP contribution in [0.25, 0.3) is 16.6 Å². The van der Waals surface area contributed by atoms with Crippen LogP contribution in [0.2, 0.25) is 5.02 Å².